The highest BCUT2D eigenvalue weighted by atomic mass is 16.4. The Hall–Kier alpha value is -1.36. The van der Waals surface area contributed by atoms with Crippen LogP contribution in [0.1, 0.15) is 12.8 Å². The Bertz CT molecular complexity index is 202. The normalized spacial score (nSPS) is 11.8. The summed E-state index contributed by atoms with van der Waals surface area (Å²) in [5, 5.41) is 19.5. The van der Waals surface area contributed by atoms with Crippen molar-refractivity contribution in [3.63, 3.8) is 0 Å². The van der Waals surface area contributed by atoms with Gasteiger partial charge in [0, 0.05) is 19.4 Å². The Morgan fingerprint density at radius 2 is 2.15 bits per heavy atom. The topological polar surface area (TPSA) is 86.6 Å². The number of aliphatic hydroxyl groups excluding tert-OH is 1. The van der Waals surface area contributed by atoms with Crippen LogP contribution in [0.25, 0.3) is 0 Å². The fraction of sp³-hybridized carbons (Fsp3) is 0.500. The first-order chi connectivity index (χ1) is 6.07. The van der Waals surface area contributed by atoms with Gasteiger partial charge in [0.2, 0.25) is 5.91 Å². The van der Waals surface area contributed by atoms with E-state index in [1.165, 1.54) is 6.08 Å². The molecular weight excluding hydrogens is 174 g/mol. The molecule has 5 nitrogen and oxygen atoms in total. The molecule has 5 heteroatoms. The van der Waals surface area contributed by atoms with Crippen LogP contribution in [0.2, 0.25) is 0 Å². The summed E-state index contributed by atoms with van der Waals surface area (Å²) >= 11 is 0. The zero-order chi connectivity index (χ0) is 10.3. The Morgan fingerprint density at radius 3 is 2.62 bits per heavy atom. The molecule has 0 bridgehead atoms. The summed E-state index contributed by atoms with van der Waals surface area (Å²) < 4.78 is 0. The first kappa shape index (κ1) is 11.6. The van der Waals surface area contributed by atoms with Gasteiger partial charge >= 0.3 is 5.97 Å². The number of carboxylic acid groups (broad SMARTS) is 1. The molecule has 0 aliphatic carbocycles. The zero-order valence-corrected chi connectivity index (χ0v) is 7.19. The SMILES string of the molecule is C=CCC(=O)NCCC(O)C(=O)O. The van der Waals surface area contributed by atoms with E-state index in [1.807, 2.05) is 0 Å². The Balaban J connectivity index is 3.50. The molecule has 74 valence electrons. The molecule has 0 rings (SSSR count). The molecule has 0 radical (unpaired) electrons. The maximum atomic E-state index is 10.8. The van der Waals surface area contributed by atoms with Gasteiger partial charge in [-0.1, -0.05) is 6.08 Å². The molecule has 0 aliphatic rings. The van der Waals surface area contributed by atoms with Crippen molar-refractivity contribution >= 4 is 11.9 Å². The van der Waals surface area contributed by atoms with E-state index < -0.39 is 12.1 Å². The number of rotatable bonds is 6. The molecule has 0 aromatic heterocycles. The minimum absolute atomic E-state index is 0.0121. The van der Waals surface area contributed by atoms with Crippen LogP contribution in [0.5, 0.6) is 0 Å². The van der Waals surface area contributed by atoms with Crippen molar-refractivity contribution in [1.82, 2.24) is 5.32 Å². The van der Waals surface area contributed by atoms with Crippen LogP contribution in [-0.4, -0.2) is 34.7 Å². The van der Waals surface area contributed by atoms with Crippen molar-refractivity contribution in [1.29, 1.82) is 0 Å². The molecule has 13 heavy (non-hydrogen) atoms. The third-order valence-electron chi connectivity index (χ3n) is 1.35. The highest BCUT2D eigenvalue weighted by Crippen LogP contribution is 1.89. The lowest BCUT2D eigenvalue weighted by atomic mass is 10.2. The average molecular weight is 187 g/mol. The number of carboxylic acids is 1. The maximum Gasteiger partial charge on any atom is 0.332 e. The summed E-state index contributed by atoms with van der Waals surface area (Å²) in [6.45, 7) is 3.52. The summed E-state index contributed by atoms with van der Waals surface area (Å²) in [5.74, 6) is -1.51. The molecule has 3 N–H and O–H groups in total. The van der Waals surface area contributed by atoms with Gasteiger partial charge in [0.05, 0.1) is 0 Å². The van der Waals surface area contributed by atoms with E-state index >= 15 is 0 Å². The van der Waals surface area contributed by atoms with Gasteiger partial charge in [0.25, 0.3) is 0 Å². The smallest absolute Gasteiger partial charge is 0.332 e. The molecule has 0 heterocycles. The van der Waals surface area contributed by atoms with Crippen molar-refractivity contribution in [3.8, 4) is 0 Å². The number of hydrogen-bond donors (Lipinski definition) is 3. The van der Waals surface area contributed by atoms with Crippen molar-refractivity contribution < 1.29 is 19.8 Å². The Labute approximate surface area is 76.1 Å². The summed E-state index contributed by atoms with van der Waals surface area (Å²) in [6.07, 6.45) is 0.244. The van der Waals surface area contributed by atoms with E-state index in [0.717, 1.165) is 0 Å². The number of carbonyl (C=O) groups is 2. The van der Waals surface area contributed by atoms with Gasteiger partial charge in [0.15, 0.2) is 6.10 Å². The first-order valence-corrected chi connectivity index (χ1v) is 3.86. The number of amides is 1. The Kier molecular flexibility index (Phi) is 5.54. The molecule has 0 aromatic rings. The second-order valence-electron chi connectivity index (χ2n) is 2.49. The largest absolute Gasteiger partial charge is 0.479 e. The number of carbonyl (C=O) groups excluding carboxylic acids is 1. The Morgan fingerprint density at radius 1 is 1.54 bits per heavy atom. The van der Waals surface area contributed by atoms with E-state index in [1.54, 1.807) is 0 Å². The molecule has 0 aliphatic heterocycles. The molecular formula is C8H13NO4. The monoisotopic (exact) mass is 187 g/mol. The lowest BCUT2D eigenvalue weighted by Gasteiger charge is -2.05. The quantitative estimate of drug-likeness (QED) is 0.490. The molecule has 0 fully saturated rings. The van der Waals surface area contributed by atoms with Gasteiger partial charge < -0.3 is 15.5 Å². The van der Waals surface area contributed by atoms with Crippen molar-refractivity contribution in [2.45, 2.75) is 18.9 Å². The minimum atomic E-state index is -1.41. The van der Waals surface area contributed by atoms with Crippen LogP contribution in [0.15, 0.2) is 12.7 Å². The third-order valence-corrected chi connectivity index (χ3v) is 1.35. The predicted octanol–water partition coefficient (Wildman–Crippen LogP) is -0.486. The number of nitrogens with one attached hydrogen (secondary N) is 1. The first-order valence-electron chi connectivity index (χ1n) is 3.86. The highest BCUT2D eigenvalue weighted by molar-refractivity contribution is 5.77. The van der Waals surface area contributed by atoms with E-state index in [2.05, 4.69) is 11.9 Å². The number of aliphatic hydroxyl groups is 1. The standard InChI is InChI=1S/C8H13NO4/c1-2-3-7(11)9-5-4-6(10)8(12)13/h2,6,10H,1,3-5H2,(H,9,11)(H,12,13). The van der Waals surface area contributed by atoms with Gasteiger partial charge in [-0.2, -0.15) is 0 Å². The highest BCUT2D eigenvalue weighted by Gasteiger charge is 2.12. The second kappa shape index (κ2) is 6.19. The predicted molar refractivity (Wildman–Crippen MR) is 46.1 cm³/mol. The molecule has 0 saturated carbocycles. The lowest BCUT2D eigenvalue weighted by molar-refractivity contribution is -0.147. The summed E-state index contributed by atoms with van der Waals surface area (Å²) in [6, 6.07) is 0. The molecule has 1 amide bonds. The van der Waals surface area contributed by atoms with Crippen LogP contribution >= 0.6 is 0 Å². The van der Waals surface area contributed by atoms with E-state index in [4.69, 9.17) is 10.2 Å². The van der Waals surface area contributed by atoms with Gasteiger partial charge in [-0.05, 0) is 0 Å². The van der Waals surface area contributed by atoms with Crippen molar-refractivity contribution in [2.75, 3.05) is 6.54 Å². The minimum Gasteiger partial charge on any atom is -0.479 e. The van der Waals surface area contributed by atoms with Crippen LogP contribution in [-0.2, 0) is 9.59 Å². The van der Waals surface area contributed by atoms with Crippen LogP contribution in [0, 0.1) is 0 Å². The second-order valence-corrected chi connectivity index (χ2v) is 2.49. The molecule has 0 aromatic carbocycles. The fourth-order valence-electron chi connectivity index (χ4n) is 0.675. The lowest BCUT2D eigenvalue weighted by Crippen LogP contribution is -2.29. The summed E-state index contributed by atoms with van der Waals surface area (Å²) in [4.78, 5) is 20.9. The molecule has 0 spiro atoms. The van der Waals surface area contributed by atoms with Gasteiger partial charge in [0.1, 0.15) is 0 Å². The zero-order valence-electron chi connectivity index (χ0n) is 7.19. The van der Waals surface area contributed by atoms with E-state index in [0.29, 0.717) is 0 Å². The number of aliphatic carboxylic acids is 1. The average Bonchev–Trinajstić information content (AvgIpc) is 2.04. The van der Waals surface area contributed by atoms with E-state index in [-0.39, 0.29) is 25.3 Å². The van der Waals surface area contributed by atoms with Crippen LogP contribution in [0.4, 0.5) is 0 Å². The number of hydrogen-bond acceptors (Lipinski definition) is 3. The van der Waals surface area contributed by atoms with Crippen LogP contribution < -0.4 is 5.32 Å². The fourth-order valence-corrected chi connectivity index (χ4v) is 0.675. The summed E-state index contributed by atoms with van der Waals surface area (Å²) in [5.41, 5.74) is 0. The van der Waals surface area contributed by atoms with Gasteiger partial charge in [-0.15, -0.1) is 6.58 Å². The molecule has 1 atom stereocenters. The van der Waals surface area contributed by atoms with Crippen molar-refractivity contribution in [3.05, 3.63) is 12.7 Å². The summed E-state index contributed by atoms with van der Waals surface area (Å²) in [7, 11) is 0. The molecule has 1 unspecified atom stereocenters. The van der Waals surface area contributed by atoms with E-state index in [9.17, 15) is 9.59 Å². The van der Waals surface area contributed by atoms with Gasteiger partial charge in [-0.25, -0.2) is 4.79 Å². The van der Waals surface area contributed by atoms with Gasteiger partial charge in [-0.3, -0.25) is 4.79 Å². The third kappa shape index (κ3) is 5.86. The van der Waals surface area contributed by atoms with Crippen LogP contribution in [0.3, 0.4) is 0 Å². The maximum absolute atomic E-state index is 10.8. The van der Waals surface area contributed by atoms with Crippen molar-refractivity contribution in [2.24, 2.45) is 0 Å². The molecule has 0 saturated heterocycles.